The fourth-order valence-corrected chi connectivity index (χ4v) is 2.12. The molecule has 0 saturated heterocycles. The van der Waals surface area contributed by atoms with Gasteiger partial charge in [0.15, 0.2) is 0 Å². The summed E-state index contributed by atoms with van der Waals surface area (Å²) in [6, 6.07) is 0. The average molecular weight is 287 g/mol. The Morgan fingerprint density at radius 1 is 0.950 bits per heavy atom. The first-order valence-electron chi connectivity index (χ1n) is 8.26. The highest BCUT2D eigenvalue weighted by molar-refractivity contribution is 5.77. The Bertz CT molecular complexity index is 210. The minimum atomic E-state index is -0.0885. The fraction of sp³-hybridized carbons (Fsp3) is 0.938. The molecule has 0 aromatic rings. The average Bonchev–Trinajstić information content (AvgIpc) is 2.45. The zero-order chi connectivity index (χ0) is 14.9. The van der Waals surface area contributed by atoms with Gasteiger partial charge in [-0.2, -0.15) is 0 Å². The summed E-state index contributed by atoms with van der Waals surface area (Å²) in [5.74, 6) is -0.0885. The number of carbonyl (C=O) groups excluding carboxylic acids is 1. The van der Waals surface area contributed by atoms with E-state index in [9.17, 15) is 4.79 Å². The molecule has 20 heavy (non-hydrogen) atoms. The first-order valence-corrected chi connectivity index (χ1v) is 8.26. The van der Waals surface area contributed by atoms with Crippen molar-refractivity contribution >= 4 is 5.91 Å². The molecule has 0 aromatic carbocycles. The number of nitrogens with one attached hydrogen (secondary N) is 1. The van der Waals surface area contributed by atoms with Gasteiger partial charge in [0.05, 0.1) is 13.2 Å². The van der Waals surface area contributed by atoms with Crippen molar-refractivity contribution in [1.82, 2.24) is 5.32 Å². The fourth-order valence-electron chi connectivity index (χ4n) is 2.12. The topological polar surface area (TPSA) is 58.6 Å². The van der Waals surface area contributed by atoms with E-state index >= 15 is 0 Å². The number of ether oxygens (including phenoxy) is 1. The Morgan fingerprint density at radius 2 is 1.50 bits per heavy atom. The van der Waals surface area contributed by atoms with Crippen molar-refractivity contribution in [2.24, 2.45) is 0 Å². The van der Waals surface area contributed by atoms with E-state index in [1.807, 2.05) is 0 Å². The van der Waals surface area contributed by atoms with Crippen LogP contribution in [0.15, 0.2) is 0 Å². The normalized spacial score (nSPS) is 10.7. The number of aliphatic hydroxyl groups excluding tert-OH is 1. The summed E-state index contributed by atoms with van der Waals surface area (Å²) >= 11 is 0. The second-order valence-corrected chi connectivity index (χ2v) is 5.31. The zero-order valence-electron chi connectivity index (χ0n) is 13.2. The molecular weight excluding hydrogens is 254 g/mol. The number of carbonyl (C=O) groups is 1. The summed E-state index contributed by atoms with van der Waals surface area (Å²) < 4.78 is 4.93. The Labute approximate surface area is 124 Å². The number of amides is 1. The largest absolute Gasteiger partial charge is 0.394 e. The minimum Gasteiger partial charge on any atom is -0.394 e. The Kier molecular flexibility index (Phi) is 15.9. The second-order valence-electron chi connectivity index (χ2n) is 5.31. The van der Waals surface area contributed by atoms with Gasteiger partial charge in [-0.1, -0.05) is 64.7 Å². The van der Waals surface area contributed by atoms with Crippen LogP contribution in [0, 0.1) is 0 Å². The molecule has 0 saturated carbocycles. The van der Waals surface area contributed by atoms with Gasteiger partial charge in [0.25, 0.3) is 0 Å². The molecule has 0 aliphatic heterocycles. The lowest BCUT2D eigenvalue weighted by atomic mass is 10.1. The molecule has 0 aliphatic rings. The van der Waals surface area contributed by atoms with E-state index in [4.69, 9.17) is 9.84 Å². The molecule has 0 radical (unpaired) electrons. The molecule has 0 atom stereocenters. The molecule has 0 aromatic heterocycles. The van der Waals surface area contributed by atoms with E-state index in [0.29, 0.717) is 0 Å². The summed E-state index contributed by atoms with van der Waals surface area (Å²) in [6.45, 7) is 3.23. The molecule has 0 bridgehead atoms. The molecule has 0 spiro atoms. The molecule has 1 amide bonds. The highest BCUT2D eigenvalue weighted by Crippen LogP contribution is 2.10. The van der Waals surface area contributed by atoms with Crippen LogP contribution in [0.4, 0.5) is 0 Å². The van der Waals surface area contributed by atoms with Crippen LogP contribution in [0.25, 0.3) is 0 Å². The van der Waals surface area contributed by atoms with Crippen molar-refractivity contribution in [3.8, 4) is 0 Å². The van der Waals surface area contributed by atoms with Crippen molar-refractivity contribution in [2.75, 3.05) is 26.4 Å². The van der Waals surface area contributed by atoms with Crippen LogP contribution < -0.4 is 5.32 Å². The lowest BCUT2D eigenvalue weighted by Gasteiger charge is -2.05. The third kappa shape index (κ3) is 15.4. The summed E-state index contributed by atoms with van der Waals surface area (Å²) in [5.41, 5.74) is 0. The van der Waals surface area contributed by atoms with E-state index in [-0.39, 0.29) is 25.7 Å². The van der Waals surface area contributed by atoms with Gasteiger partial charge in [-0.05, 0) is 6.42 Å². The quantitative estimate of drug-likeness (QED) is 0.455. The van der Waals surface area contributed by atoms with Crippen LogP contribution >= 0.6 is 0 Å². The molecule has 0 aliphatic carbocycles. The van der Waals surface area contributed by atoms with Gasteiger partial charge in [-0.25, -0.2) is 0 Å². The lowest BCUT2D eigenvalue weighted by Crippen LogP contribution is -2.28. The van der Waals surface area contributed by atoms with Gasteiger partial charge in [0.2, 0.25) is 5.91 Å². The van der Waals surface area contributed by atoms with Crippen LogP contribution in [-0.4, -0.2) is 37.4 Å². The van der Waals surface area contributed by atoms with Gasteiger partial charge in [0.1, 0.15) is 6.61 Å². The number of unbranched alkanes of at least 4 members (excludes halogenated alkanes) is 9. The molecule has 2 N–H and O–H groups in total. The van der Waals surface area contributed by atoms with Crippen LogP contribution in [0.3, 0.4) is 0 Å². The smallest absolute Gasteiger partial charge is 0.245 e. The van der Waals surface area contributed by atoms with Gasteiger partial charge >= 0.3 is 0 Å². The van der Waals surface area contributed by atoms with Crippen molar-refractivity contribution < 1.29 is 14.6 Å². The minimum absolute atomic E-state index is 0.0360. The summed E-state index contributed by atoms with van der Waals surface area (Å²) in [5, 5.41) is 11.3. The predicted octanol–water partition coefficient (Wildman–Crippen LogP) is 3.03. The maximum atomic E-state index is 11.3. The highest BCUT2D eigenvalue weighted by atomic mass is 16.5. The first kappa shape index (κ1) is 19.4. The Hall–Kier alpha value is -0.610. The number of hydrogen-bond acceptors (Lipinski definition) is 3. The molecule has 0 fully saturated rings. The first-order chi connectivity index (χ1) is 9.81. The Morgan fingerprint density at radius 3 is 2.05 bits per heavy atom. The molecule has 0 unspecified atom stereocenters. The van der Waals surface area contributed by atoms with Gasteiger partial charge in [-0.3, -0.25) is 4.79 Å². The lowest BCUT2D eigenvalue weighted by molar-refractivity contribution is -0.125. The van der Waals surface area contributed by atoms with Crippen LogP contribution in [0.1, 0.15) is 71.1 Å². The van der Waals surface area contributed by atoms with Crippen LogP contribution in [0.2, 0.25) is 0 Å². The third-order valence-electron chi connectivity index (χ3n) is 3.32. The summed E-state index contributed by atoms with van der Waals surface area (Å²) in [4.78, 5) is 11.3. The van der Waals surface area contributed by atoms with E-state index < -0.39 is 0 Å². The Balaban J connectivity index is 3.07. The second kappa shape index (κ2) is 16.4. The van der Waals surface area contributed by atoms with E-state index in [0.717, 1.165) is 13.0 Å². The number of rotatable bonds is 15. The third-order valence-corrected chi connectivity index (χ3v) is 3.32. The van der Waals surface area contributed by atoms with Crippen LogP contribution in [-0.2, 0) is 9.53 Å². The van der Waals surface area contributed by atoms with Crippen molar-refractivity contribution in [1.29, 1.82) is 0 Å². The summed E-state index contributed by atoms with van der Waals surface area (Å²) in [6.07, 6.45) is 13.0. The maximum absolute atomic E-state index is 11.3. The van der Waals surface area contributed by atoms with Gasteiger partial charge < -0.3 is 15.2 Å². The van der Waals surface area contributed by atoms with Gasteiger partial charge in [-0.15, -0.1) is 0 Å². The van der Waals surface area contributed by atoms with Crippen molar-refractivity contribution in [2.45, 2.75) is 71.1 Å². The van der Waals surface area contributed by atoms with E-state index in [1.165, 1.54) is 57.8 Å². The van der Waals surface area contributed by atoms with Gasteiger partial charge in [0, 0.05) is 6.54 Å². The van der Waals surface area contributed by atoms with Crippen LogP contribution in [0.5, 0.6) is 0 Å². The SMILES string of the molecule is CCCCCCCCCCCCNC(=O)COCCO. The molecule has 4 nitrogen and oxygen atoms in total. The monoisotopic (exact) mass is 287 g/mol. The predicted molar refractivity (Wildman–Crippen MR) is 82.8 cm³/mol. The maximum Gasteiger partial charge on any atom is 0.245 e. The number of aliphatic hydroxyl groups is 1. The summed E-state index contributed by atoms with van der Waals surface area (Å²) in [7, 11) is 0. The number of hydrogen-bond donors (Lipinski definition) is 2. The highest BCUT2D eigenvalue weighted by Gasteiger charge is 1.99. The van der Waals surface area contributed by atoms with E-state index in [1.54, 1.807) is 0 Å². The zero-order valence-corrected chi connectivity index (χ0v) is 13.2. The van der Waals surface area contributed by atoms with Crippen molar-refractivity contribution in [3.63, 3.8) is 0 Å². The molecule has 0 rings (SSSR count). The molecular formula is C16H33NO3. The molecule has 120 valence electrons. The molecule has 0 heterocycles. The standard InChI is InChI=1S/C16H33NO3/c1-2-3-4-5-6-7-8-9-10-11-12-17-16(19)15-20-14-13-18/h18H,2-15H2,1H3,(H,17,19). The molecule has 4 heteroatoms. The van der Waals surface area contributed by atoms with Crippen molar-refractivity contribution in [3.05, 3.63) is 0 Å². The van der Waals surface area contributed by atoms with E-state index in [2.05, 4.69) is 12.2 Å².